The molecule has 1 aliphatic carbocycles. The molecule has 3 nitrogen and oxygen atoms in total. The zero-order chi connectivity index (χ0) is 17.8. The quantitative estimate of drug-likeness (QED) is 0.618. The number of aryl methyl sites for hydroxylation is 1. The molecule has 3 aliphatic rings. The topological polar surface area (TPSA) is 22.3 Å². The predicted molar refractivity (Wildman–Crippen MR) is 97.6 cm³/mol. The third-order valence-electron chi connectivity index (χ3n) is 6.12. The van der Waals surface area contributed by atoms with E-state index in [9.17, 15) is 0 Å². The van der Waals surface area contributed by atoms with Crippen LogP contribution in [-0.4, -0.2) is 19.0 Å². The maximum absolute atomic E-state index is 6.48. The summed E-state index contributed by atoms with van der Waals surface area (Å²) in [7, 11) is 0. The van der Waals surface area contributed by atoms with E-state index in [1.807, 2.05) is 0 Å². The molecule has 0 saturated heterocycles. The molecule has 0 saturated carbocycles. The van der Waals surface area contributed by atoms with Crippen molar-refractivity contribution in [3.63, 3.8) is 0 Å². The van der Waals surface area contributed by atoms with Crippen LogP contribution in [0.15, 0.2) is 42.6 Å². The van der Waals surface area contributed by atoms with E-state index in [0.717, 1.165) is 0 Å². The van der Waals surface area contributed by atoms with Crippen molar-refractivity contribution in [1.82, 2.24) is 0 Å². The Kier molecular flexibility index (Phi) is 3.78. The minimum absolute atomic E-state index is 0.0727. The second-order valence-electron chi connectivity index (χ2n) is 7.70. The second-order valence-corrected chi connectivity index (χ2v) is 7.70. The van der Waals surface area contributed by atoms with Crippen LogP contribution in [0.4, 0.5) is 0 Å². The summed E-state index contributed by atoms with van der Waals surface area (Å²) in [6.45, 7) is 12.2. The van der Waals surface area contributed by atoms with Crippen molar-refractivity contribution in [3.05, 3.63) is 65.0 Å². The first-order valence-electron chi connectivity index (χ1n) is 9.37. The van der Waals surface area contributed by atoms with Crippen LogP contribution in [0, 0.1) is 12.3 Å². The van der Waals surface area contributed by atoms with Gasteiger partial charge in [-0.1, -0.05) is 24.3 Å². The van der Waals surface area contributed by atoms with Gasteiger partial charge in [0, 0.05) is 30.9 Å². The van der Waals surface area contributed by atoms with Gasteiger partial charge in [-0.2, -0.15) is 4.57 Å². The maximum atomic E-state index is 6.48. The van der Waals surface area contributed by atoms with E-state index in [1.165, 1.54) is 22.4 Å². The van der Waals surface area contributed by atoms with Gasteiger partial charge in [-0.05, 0) is 45.7 Å². The molecule has 25 heavy (non-hydrogen) atoms. The van der Waals surface area contributed by atoms with Gasteiger partial charge in [-0.3, -0.25) is 0 Å². The standard InChI is InChI=1S/C22H28NO2/c1-6-24-22(25-7-2)19-16-12-10-11-15(3)18(16)20(21(22,4)5)23-14-9-8-13-17(19)23/h8-14,19-20H,6-7H2,1-5H3/q+1/t19-,20-/m0/s1. The Morgan fingerprint density at radius 1 is 1.00 bits per heavy atom. The second kappa shape index (κ2) is 5.65. The van der Waals surface area contributed by atoms with Gasteiger partial charge in [0.25, 0.3) is 0 Å². The van der Waals surface area contributed by atoms with E-state index in [1.54, 1.807) is 0 Å². The van der Waals surface area contributed by atoms with Crippen LogP contribution in [0.1, 0.15) is 62.0 Å². The number of nitrogens with zero attached hydrogens (tertiary/aromatic N) is 1. The van der Waals surface area contributed by atoms with E-state index < -0.39 is 5.79 Å². The van der Waals surface area contributed by atoms with Crippen molar-refractivity contribution >= 4 is 0 Å². The Labute approximate surface area is 150 Å². The number of ether oxygens (including phenoxy) is 2. The molecule has 0 unspecified atom stereocenters. The number of fused-ring (bicyclic) bond motifs is 1. The first kappa shape index (κ1) is 16.7. The highest BCUT2D eigenvalue weighted by atomic mass is 16.7. The smallest absolute Gasteiger partial charge is 0.196 e. The third kappa shape index (κ3) is 1.97. The molecule has 2 aliphatic heterocycles. The van der Waals surface area contributed by atoms with Crippen molar-refractivity contribution in [1.29, 1.82) is 0 Å². The number of hydrogen-bond donors (Lipinski definition) is 0. The van der Waals surface area contributed by atoms with Gasteiger partial charge >= 0.3 is 0 Å². The average Bonchev–Trinajstić information content (AvgIpc) is 2.58. The van der Waals surface area contributed by atoms with Gasteiger partial charge in [0.1, 0.15) is 5.92 Å². The Morgan fingerprint density at radius 2 is 1.72 bits per heavy atom. The first-order valence-corrected chi connectivity index (χ1v) is 9.37. The molecular weight excluding hydrogens is 310 g/mol. The highest BCUT2D eigenvalue weighted by molar-refractivity contribution is 5.49. The monoisotopic (exact) mass is 338 g/mol. The van der Waals surface area contributed by atoms with E-state index in [4.69, 9.17) is 9.47 Å². The largest absolute Gasteiger partial charge is 0.348 e. The molecule has 5 rings (SSSR count). The summed E-state index contributed by atoms with van der Waals surface area (Å²) in [5.74, 6) is -0.577. The van der Waals surface area contributed by atoms with Crippen LogP contribution >= 0.6 is 0 Å². The lowest BCUT2D eigenvalue weighted by Crippen LogP contribution is -2.72. The summed E-state index contributed by atoms with van der Waals surface area (Å²) >= 11 is 0. The molecule has 2 aromatic rings. The zero-order valence-electron chi connectivity index (χ0n) is 15.9. The van der Waals surface area contributed by atoms with Crippen LogP contribution in [0.2, 0.25) is 0 Å². The molecule has 2 bridgehead atoms. The van der Waals surface area contributed by atoms with Gasteiger partial charge in [-0.15, -0.1) is 0 Å². The number of pyridine rings is 1. The fourth-order valence-corrected chi connectivity index (χ4v) is 5.26. The van der Waals surface area contributed by atoms with Gasteiger partial charge in [0.2, 0.25) is 0 Å². The van der Waals surface area contributed by atoms with E-state index in [2.05, 4.69) is 81.8 Å². The van der Waals surface area contributed by atoms with Gasteiger partial charge in [0.05, 0.1) is 5.41 Å². The van der Waals surface area contributed by atoms with E-state index in [0.29, 0.717) is 13.2 Å². The van der Waals surface area contributed by atoms with Gasteiger partial charge in [-0.25, -0.2) is 0 Å². The lowest BCUT2D eigenvalue weighted by molar-refractivity contribution is -0.755. The Bertz CT molecular complexity index is 805. The molecule has 3 heterocycles. The van der Waals surface area contributed by atoms with Gasteiger partial charge in [0.15, 0.2) is 23.7 Å². The molecule has 0 radical (unpaired) electrons. The van der Waals surface area contributed by atoms with Crippen molar-refractivity contribution in [3.8, 4) is 0 Å². The fourth-order valence-electron chi connectivity index (χ4n) is 5.26. The summed E-state index contributed by atoms with van der Waals surface area (Å²) in [4.78, 5) is 0. The lowest BCUT2D eigenvalue weighted by atomic mass is 9.56. The van der Waals surface area contributed by atoms with Crippen LogP contribution in [0.5, 0.6) is 0 Å². The van der Waals surface area contributed by atoms with Crippen molar-refractivity contribution in [2.75, 3.05) is 13.2 Å². The average molecular weight is 338 g/mol. The van der Waals surface area contributed by atoms with Crippen LogP contribution in [0.3, 0.4) is 0 Å². The van der Waals surface area contributed by atoms with Crippen molar-refractivity contribution < 1.29 is 14.0 Å². The highest BCUT2D eigenvalue weighted by Gasteiger charge is 2.70. The highest BCUT2D eigenvalue weighted by Crippen LogP contribution is 2.62. The Balaban J connectivity index is 2.10. The van der Waals surface area contributed by atoms with Crippen LogP contribution in [0.25, 0.3) is 0 Å². The normalized spacial score (nSPS) is 24.7. The van der Waals surface area contributed by atoms with Crippen molar-refractivity contribution in [2.45, 2.75) is 52.4 Å². The summed E-state index contributed by atoms with van der Waals surface area (Å²) in [5, 5.41) is 0. The summed E-state index contributed by atoms with van der Waals surface area (Å²) < 4.78 is 15.4. The molecule has 3 heteroatoms. The molecule has 132 valence electrons. The number of benzene rings is 1. The summed E-state index contributed by atoms with van der Waals surface area (Å²) in [5.41, 5.74) is 5.24. The summed E-state index contributed by atoms with van der Waals surface area (Å²) in [6, 6.07) is 13.3. The number of hydrogen-bond acceptors (Lipinski definition) is 2. The van der Waals surface area contributed by atoms with Crippen molar-refractivity contribution in [2.24, 2.45) is 5.41 Å². The first-order chi connectivity index (χ1) is 12.0. The SMILES string of the molecule is CCOC1(OCC)[C@H]2c3cccc(C)c3[C@H]([n+]3ccccc32)C1(C)C. The molecule has 0 fully saturated rings. The molecular formula is C22H28NO2+. The zero-order valence-corrected chi connectivity index (χ0v) is 15.9. The Hall–Kier alpha value is -1.71. The molecule has 2 atom stereocenters. The minimum atomic E-state index is -0.649. The third-order valence-corrected chi connectivity index (χ3v) is 6.12. The van der Waals surface area contributed by atoms with Crippen LogP contribution < -0.4 is 4.57 Å². The van der Waals surface area contributed by atoms with E-state index in [-0.39, 0.29) is 17.4 Å². The minimum Gasteiger partial charge on any atom is -0.348 e. The fraction of sp³-hybridized carbons (Fsp3) is 0.500. The number of aromatic nitrogens is 1. The predicted octanol–water partition coefficient (Wildman–Crippen LogP) is 4.13. The van der Waals surface area contributed by atoms with Crippen LogP contribution in [-0.2, 0) is 9.47 Å². The lowest BCUT2D eigenvalue weighted by Gasteiger charge is -2.57. The van der Waals surface area contributed by atoms with Gasteiger partial charge < -0.3 is 9.47 Å². The Morgan fingerprint density at radius 3 is 2.40 bits per heavy atom. The van der Waals surface area contributed by atoms with E-state index >= 15 is 0 Å². The molecule has 0 spiro atoms. The molecule has 0 amide bonds. The molecule has 1 aromatic carbocycles. The molecule has 1 aromatic heterocycles. The summed E-state index contributed by atoms with van der Waals surface area (Å²) in [6.07, 6.45) is 2.21. The number of rotatable bonds is 4. The molecule has 0 N–H and O–H groups in total. The maximum Gasteiger partial charge on any atom is 0.196 e.